The first-order chi connectivity index (χ1) is 10.2. The van der Waals surface area contributed by atoms with Gasteiger partial charge in [0.05, 0.1) is 5.69 Å². The van der Waals surface area contributed by atoms with Crippen molar-refractivity contribution in [1.29, 1.82) is 0 Å². The number of anilines is 1. The van der Waals surface area contributed by atoms with Crippen LogP contribution in [-0.4, -0.2) is 66.9 Å². The highest BCUT2D eigenvalue weighted by Crippen LogP contribution is 2.19. The van der Waals surface area contributed by atoms with Gasteiger partial charge in [-0.25, -0.2) is 0 Å². The van der Waals surface area contributed by atoms with Crippen LogP contribution in [0.3, 0.4) is 0 Å². The molecule has 0 aliphatic carbocycles. The Morgan fingerprint density at radius 1 is 1.19 bits per heavy atom. The van der Waals surface area contributed by atoms with E-state index < -0.39 is 6.10 Å². The van der Waals surface area contributed by atoms with Gasteiger partial charge in [-0.05, 0) is 25.1 Å². The van der Waals surface area contributed by atoms with Crippen LogP contribution in [0.25, 0.3) is 0 Å². The van der Waals surface area contributed by atoms with Gasteiger partial charge in [0, 0.05) is 32.7 Å². The van der Waals surface area contributed by atoms with Crippen LogP contribution in [-0.2, 0) is 0 Å². The van der Waals surface area contributed by atoms with Crippen molar-refractivity contribution in [2.75, 3.05) is 51.6 Å². The molecule has 0 bridgehead atoms. The molecule has 1 unspecified atom stereocenters. The Morgan fingerprint density at radius 2 is 1.86 bits per heavy atom. The molecule has 5 nitrogen and oxygen atoms in total. The van der Waals surface area contributed by atoms with E-state index in [9.17, 15) is 5.11 Å². The smallest absolute Gasteiger partial charge is 0.142 e. The van der Waals surface area contributed by atoms with Gasteiger partial charge in [-0.15, -0.1) is 0 Å². The van der Waals surface area contributed by atoms with Crippen LogP contribution in [0.2, 0.25) is 0 Å². The summed E-state index contributed by atoms with van der Waals surface area (Å²) in [4.78, 5) is 4.78. The molecular weight excluding hydrogens is 266 g/mol. The van der Waals surface area contributed by atoms with Crippen molar-refractivity contribution in [3.63, 3.8) is 0 Å². The molecule has 1 aromatic carbocycles. The maximum absolute atomic E-state index is 10.1. The van der Waals surface area contributed by atoms with E-state index in [1.165, 1.54) is 13.0 Å². The molecule has 5 heteroatoms. The Hall–Kier alpha value is -1.30. The Bertz CT molecular complexity index is 420. The van der Waals surface area contributed by atoms with Crippen molar-refractivity contribution in [2.45, 2.75) is 19.4 Å². The number of ether oxygens (including phenoxy) is 1. The number of hydrogen-bond donors (Lipinski definition) is 2. The fraction of sp³-hybridized carbons (Fsp3) is 0.625. The van der Waals surface area contributed by atoms with E-state index in [-0.39, 0.29) is 6.61 Å². The van der Waals surface area contributed by atoms with Crippen LogP contribution in [0, 0.1) is 0 Å². The first-order valence-electron chi connectivity index (χ1n) is 7.79. The maximum Gasteiger partial charge on any atom is 0.142 e. The number of nitrogens with zero attached hydrogens (tertiary/aromatic N) is 2. The number of β-amino-alcohol motifs (C(OH)–C–C–N with tert-alkyl or cyclic N) is 1. The molecule has 2 rings (SSSR count). The normalized spacial score (nSPS) is 18.6. The zero-order valence-corrected chi connectivity index (χ0v) is 12.9. The molecule has 0 radical (unpaired) electrons. The van der Waals surface area contributed by atoms with Gasteiger partial charge in [-0.1, -0.05) is 19.1 Å². The quantitative estimate of drug-likeness (QED) is 0.736. The average molecular weight is 293 g/mol. The predicted molar refractivity (Wildman–Crippen MR) is 85.5 cm³/mol. The van der Waals surface area contributed by atoms with Crippen molar-refractivity contribution >= 4 is 5.69 Å². The number of benzene rings is 1. The molecule has 0 aromatic heterocycles. The second kappa shape index (κ2) is 8.22. The first kappa shape index (κ1) is 16.1. The zero-order chi connectivity index (χ0) is 15.1. The SMILES string of the molecule is CCCN1CCN(CC(O)COc2ccccc2N)CC1. The summed E-state index contributed by atoms with van der Waals surface area (Å²) >= 11 is 0. The highest BCUT2D eigenvalue weighted by Gasteiger charge is 2.19. The molecule has 3 N–H and O–H groups in total. The maximum atomic E-state index is 10.1. The number of nitrogen functional groups attached to an aromatic ring is 1. The van der Waals surface area contributed by atoms with Crippen LogP contribution < -0.4 is 10.5 Å². The Labute approximate surface area is 127 Å². The van der Waals surface area contributed by atoms with Crippen molar-refractivity contribution in [2.24, 2.45) is 0 Å². The van der Waals surface area contributed by atoms with Gasteiger partial charge in [0.25, 0.3) is 0 Å². The van der Waals surface area contributed by atoms with E-state index in [1.54, 1.807) is 6.07 Å². The molecule has 1 aliphatic rings. The summed E-state index contributed by atoms with van der Waals surface area (Å²) in [6, 6.07) is 7.37. The summed E-state index contributed by atoms with van der Waals surface area (Å²) in [7, 11) is 0. The highest BCUT2D eigenvalue weighted by molar-refractivity contribution is 5.51. The van der Waals surface area contributed by atoms with Crippen molar-refractivity contribution in [3.05, 3.63) is 24.3 Å². The average Bonchev–Trinajstić information content (AvgIpc) is 2.49. The molecule has 1 fully saturated rings. The van der Waals surface area contributed by atoms with Crippen LogP contribution in [0.1, 0.15) is 13.3 Å². The molecule has 21 heavy (non-hydrogen) atoms. The number of piperazine rings is 1. The van der Waals surface area contributed by atoms with E-state index in [4.69, 9.17) is 10.5 Å². The Morgan fingerprint density at radius 3 is 2.52 bits per heavy atom. The number of hydrogen-bond acceptors (Lipinski definition) is 5. The molecule has 1 aromatic rings. The lowest BCUT2D eigenvalue weighted by Gasteiger charge is -2.35. The highest BCUT2D eigenvalue weighted by atomic mass is 16.5. The minimum absolute atomic E-state index is 0.281. The van der Waals surface area contributed by atoms with Crippen LogP contribution in [0.15, 0.2) is 24.3 Å². The number of aliphatic hydroxyl groups is 1. The zero-order valence-electron chi connectivity index (χ0n) is 12.9. The van der Waals surface area contributed by atoms with Crippen LogP contribution in [0.5, 0.6) is 5.75 Å². The monoisotopic (exact) mass is 293 g/mol. The molecule has 1 atom stereocenters. The number of aliphatic hydroxyl groups excluding tert-OH is 1. The fourth-order valence-corrected chi connectivity index (χ4v) is 2.66. The standard InChI is InChI=1S/C16H27N3O2/c1-2-7-18-8-10-19(11-9-18)12-14(20)13-21-16-6-4-3-5-15(16)17/h3-6,14,20H,2,7-13,17H2,1H3. The summed E-state index contributed by atoms with van der Waals surface area (Å²) in [5.74, 6) is 0.643. The third kappa shape index (κ3) is 5.19. The van der Waals surface area contributed by atoms with E-state index in [2.05, 4.69) is 16.7 Å². The van der Waals surface area contributed by atoms with Gasteiger partial charge >= 0.3 is 0 Å². The molecule has 0 amide bonds. The Balaban J connectivity index is 1.68. The van der Waals surface area contributed by atoms with Gasteiger partial charge in [-0.3, -0.25) is 4.90 Å². The lowest BCUT2D eigenvalue weighted by molar-refractivity contribution is 0.0463. The first-order valence-corrected chi connectivity index (χ1v) is 7.79. The third-order valence-electron chi connectivity index (χ3n) is 3.82. The minimum Gasteiger partial charge on any atom is -0.489 e. The topological polar surface area (TPSA) is 62.0 Å². The minimum atomic E-state index is -0.484. The van der Waals surface area contributed by atoms with E-state index in [0.717, 1.165) is 26.2 Å². The van der Waals surface area contributed by atoms with Crippen molar-refractivity contribution < 1.29 is 9.84 Å². The van der Waals surface area contributed by atoms with Gasteiger partial charge in [0.15, 0.2) is 0 Å². The van der Waals surface area contributed by atoms with Crippen LogP contribution >= 0.6 is 0 Å². The lowest BCUT2D eigenvalue weighted by Crippen LogP contribution is -2.49. The van der Waals surface area contributed by atoms with E-state index in [0.29, 0.717) is 18.0 Å². The van der Waals surface area contributed by atoms with Gasteiger partial charge in [0.2, 0.25) is 0 Å². The largest absolute Gasteiger partial charge is 0.489 e. The third-order valence-corrected chi connectivity index (χ3v) is 3.82. The van der Waals surface area contributed by atoms with E-state index >= 15 is 0 Å². The van der Waals surface area contributed by atoms with Crippen LogP contribution in [0.4, 0.5) is 5.69 Å². The number of para-hydroxylation sites is 2. The van der Waals surface area contributed by atoms with E-state index in [1.807, 2.05) is 18.2 Å². The molecule has 1 aliphatic heterocycles. The Kier molecular flexibility index (Phi) is 6.29. The summed E-state index contributed by atoms with van der Waals surface area (Å²) in [6.45, 7) is 8.54. The predicted octanol–water partition coefficient (Wildman–Crippen LogP) is 1.04. The summed E-state index contributed by atoms with van der Waals surface area (Å²) in [5, 5.41) is 10.1. The van der Waals surface area contributed by atoms with Gasteiger partial charge in [-0.2, -0.15) is 0 Å². The molecule has 0 saturated carbocycles. The second-order valence-corrected chi connectivity index (χ2v) is 5.64. The lowest BCUT2D eigenvalue weighted by atomic mass is 10.2. The van der Waals surface area contributed by atoms with Gasteiger partial charge < -0.3 is 20.5 Å². The summed E-state index contributed by atoms with van der Waals surface area (Å²) in [6.07, 6.45) is 0.719. The summed E-state index contributed by atoms with van der Waals surface area (Å²) in [5.41, 5.74) is 6.42. The molecule has 1 saturated heterocycles. The fourth-order valence-electron chi connectivity index (χ4n) is 2.66. The van der Waals surface area contributed by atoms with Crippen molar-refractivity contribution in [3.8, 4) is 5.75 Å². The molecule has 118 valence electrons. The second-order valence-electron chi connectivity index (χ2n) is 5.64. The molecule has 1 heterocycles. The molecule has 0 spiro atoms. The summed E-state index contributed by atoms with van der Waals surface area (Å²) < 4.78 is 5.59. The number of rotatable bonds is 7. The van der Waals surface area contributed by atoms with Gasteiger partial charge in [0.1, 0.15) is 18.5 Å². The number of nitrogens with two attached hydrogens (primary N) is 1. The van der Waals surface area contributed by atoms with Crippen molar-refractivity contribution in [1.82, 2.24) is 9.80 Å². The molecular formula is C16H27N3O2.